The third-order valence-electron chi connectivity index (χ3n) is 2.90. The summed E-state index contributed by atoms with van der Waals surface area (Å²) in [5.74, 6) is 5.52. The smallest absolute Gasteiger partial charge is 0.276 e. The van der Waals surface area contributed by atoms with Crippen LogP contribution in [0.15, 0.2) is 48.7 Å². The number of hydrogen-bond acceptors (Lipinski definition) is 3. The maximum Gasteiger partial charge on any atom is 0.276 e. The van der Waals surface area contributed by atoms with Gasteiger partial charge in [-0.2, -0.15) is 0 Å². The highest BCUT2D eigenvalue weighted by Gasteiger charge is 2.14. The first-order valence-corrected chi connectivity index (χ1v) is 6.61. The van der Waals surface area contributed by atoms with E-state index in [1.54, 1.807) is 30.3 Å². The van der Waals surface area contributed by atoms with Gasteiger partial charge in [-0.1, -0.05) is 30.0 Å². The number of carbonyl (C=O) groups is 1. The number of carbonyl (C=O) groups excluding carboxylic acids is 1. The van der Waals surface area contributed by atoms with Crippen molar-refractivity contribution in [2.24, 2.45) is 0 Å². The molecule has 0 aliphatic heterocycles. The first-order chi connectivity index (χ1) is 10.2. The molecule has 106 valence electrons. The molecule has 0 radical (unpaired) electrons. The fraction of sp³-hybridized carbons (Fsp3) is 0.176. The van der Waals surface area contributed by atoms with Gasteiger partial charge in [0.2, 0.25) is 0 Å². The van der Waals surface area contributed by atoms with Gasteiger partial charge in [0.15, 0.2) is 0 Å². The first kappa shape index (κ1) is 14.8. The molecule has 1 aromatic carbocycles. The van der Waals surface area contributed by atoms with Crippen molar-refractivity contribution in [3.05, 3.63) is 59.9 Å². The van der Waals surface area contributed by atoms with Crippen LogP contribution in [0, 0.1) is 11.8 Å². The van der Waals surface area contributed by atoms with Crippen LogP contribution < -0.4 is 4.90 Å². The SMILES string of the molecule is CN(C(=O)c1ccc(C#CCCO)cn1)c1ccccc1. The Hall–Kier alpha value is -2.64. The van der Waals surface area contributed by atoms with Crippen LogP contribution in [0.5, 0.6) is 0 Å². The van der Waals surface area contributed by atoms with Crippen LogP contribution in [0.4, 0.5) is 5.69 Å². The molecule has 2 aromatic rings. The minimum Gasteiger partial charge on any atom is -0.395 e. The number of aromatic nitrogens is 1. The van der Waals surface area contributed by atoms with Crippen molar-refractivity contribution < 1.29 is 9.90 Å². The molecule has 0 aliphatic carbocycles. The van der Waals surface area contributed by atoms with E-state index in [9.17, 15) is 4.79 Å². The van der Waals surface area contributed by atoms with E-state index < -0.39 is 0 Å². The Balaban J connectivity index is 2.12. The molecular formula is C17H16N2O2. The second-order valence-corrected chi connectivity index (χ2v) is 4.41. The highest BCUT2D eigenvalue weighted by atomic mass is 16.2. The third kappa shape index (κ3) is 3.91. The van der Waals surface area contributed by atoms with E-state index in [2.05, 4.69) is 16.8 Å². The minimum atomic E-state index is -0.170. The molecule has 1 N–H and O–H groups in total. The van der Waals surface area contributed by atoms with Crippen molar-refractivity contribution >= 4 is 11.6 Å². The molecule has 4 heteroatoms. The number of nitrogens with zero attached hydrogens (tertiary/aromatic N) is 2. The van der Waals surface area contributed by atoms with E-state index in [0.29, 0.717) is 12.1 Å². The van der Waals surface area contributed by atoms with Gasteiger partial charge < -0.3 is 10.0 Å². The van der Waals surface area contributed by atoms with E-state index in [4.69, 9.17) is 5.11 Å². The summed E-state index contributed by atoms with van der Waals surface area (Å²) < 4.78 is 0. The molecule has 0 fully saturated rings. The standard InChI is InChI=1S/C17H16N2O2/c1-19(15-8-3-2-4-9-15)17(21)16-11-10-14(13-18-16)7-5-6-12-20/h2-4,8-11,13,20H,6,12H2,1H3. The summed E-state index contributed by atoms with van der Waals surface area (Å²) in [6.45, 7) is 0.0405. The number of rotatable bonds is 3. The summed E-state index contributed by atoms with van der Waals surface area (Å²) in [4.78, 5) is 18.0. The zero-order chi connectivity index (χ0) is 15.1. The summed E-state index contributed by atoms with van der Waals surface area (Å²) >= 11 is 0. The molecule has 0 atom stereocenters. The van der Waals surface area contributed by atoms with Crippen LogP contribution in [0.25, 0.3) is 0 Å². The van der Waals surface area contributed by atoms with Crippen molar-refractivity contribution in [1.29, 1.82) is 0 Å². The van der Waals surface area contributed by atoms with E-state index in [1.807, 2.05) is 30.3 Å². The summed E-state index contributed by atoms with van der Waals surface area (Å²) in [5, 5.41) is 8.66. The topological polar surface area (TPSA) is 53.4 Å². The number of para-hydroxylation sites is 1. The predicted molar refractivity (Wildman–Crippen MR) is 82.0 cm³/mol. The Morgan fingerprint density at radius 2 is 2.00 bits per heavy atom. The van der Waals surface area contributed by atoms with Crippen molar-refractivity contribution in [1.82, 2.24) is 4.98 Å². The monoisotopic (exact) mass is 280 g/mol. The van der Waals surface area contributed by atoms with Gasteiger partial charge in [-0.3, -0.25) is 4.79 Å². The quantitative estimate of drug-likeness (QED) is 0.876. The fourth-order valence-electron chi connectivity index (χ4n) is 1.76. The van der Waals surface area contributed by atoms with Gasteiger partial charge in [-0.05, 0) is 24.3 Å². The average Bonchev–Trinajstić information content (AvgIpc) is 2.55. The molecule has 0 saturated carbocycles. The fourth-order valence-corrected chi connectivity index (χ4v) is 1.76. The molecule has 0 bridgehead atoms. The molecule has 1 heterocycles. The number of aliphatic hydroxyl groups is 1. The number of hydrogen-bond donors (Lipinski definition) is 1. The average molecular weight is 280 g/mol. The van der Waals surface area contributed by atoms with Crippen LogP contribution in [0.3, 0.4) is 0 Å². The highest BCUT2D eigenvalue weighted by molar-refractivity contribution is 6.04. The zero-order valence-electron chi connectivity index (χ0n) is 11.8. The number of aliphatic hydroxyl groups excluding tert-OH is 1. The molecule has 0 aliphatic rings. The molecule has 0 spiro atoms. The zero-order valence-corrected chi connectivity index (χ0v) is 11.8. The molecule has 1 aromatic heterocycles. The van der Waals surface area contributed by atoms with E-state index in [-0.39, 0.29) is 12.5 Å². The molecule has 4 nitrogen and oxygen atoms in total. The lowest BCUT2D eigenvalue weighted by atomic mass is 10.2. The summed E-state index contributed by atoms with van der Waals surface area (Å²) in [5.41, 5.74) is 1.91. The van der Waals surface area contributed by atoms with Crippen LogP contribution in [0.2, 0.25) is 0 Å². The Kier molecular flexibility index (Phi) is 5.08. The lowest BCUT2D eigenvalue weighted by Crippen LogP contribution is -2.26. The third-order valence-corrected chi connectivity index (χ3v) is 2.90. The number of amides is 1. The predicted octanol–water partition coefficient (Wildman–Crippen LogP) is 2.09. The van der Waals surface area contributed by atoms with Gasteiger partial charge in [0, 0.05) is 30.9 Å². The van der Waals surface area contributed by atoms with Crippen LogP contribution in [0.1, 0.15) is 22.5 Å². The van der Waals surface area contributed by atoms with E-state index in [0.717, 1.165) is 11.3 Å². The number of benzene rings is 1. The Bertz CT molecular complexity index is 655. The first-order valence-electron chi connectivity index (χ1n) is 6.61. The summed E-state index contributed by atoms with van der Waals surface area (Å²) in [6.07, 6.45) is 1.99. The molecule has 0 unspecified atom stereocenters. The highest BCUT2D eigenvalue weighted by Crippen LogP contribution is 2.13. The maximum atomic E-state index is 12.3. The Morgan fingerprint density at radius 1 is 1.24 bits per heavy atom. The number of anilines is 1. The molecular weight excluding hydrogens is 264 g/mol. The minimum absolute atomic E-state index is 0.0405. The van der Waals surface area contributed by atoms with Crippen molar-refractivity contribution in [3.8, 4) is 11.8 Å². The lowest BCUT2D eigenvalue weighted by Gasteiger charge is -2.16. The number of pyridine rings is 1. The lowest BCUT2D eigenvalue weighted by molar-refractivity contribution is 0.0988. The van der Waals surface area contributed by atoms with Crippen LogP contribution in [-0.2, 0) is 0 Å². The van der Waals surface area contributed by atoms with Gasteiger partial charge in [0.1, 0.15) is 5.69 Å². The summed E-state index contributed by atoms with van der Waals surface area (Å²) in [7, 11) is 1.72. The summed E-state index contributed by atoms with van der Waals surface area (Å²) in [6, 6.07) is 12.8. The van der Waals surface area contributed by atoms with Gasteiger partial charge in [-0.25, -0.2) is 4.98 Å². The molecule has 2 rings (SSSR count). The van der Waals surface area contributed by atoms with Crippen LogP contribution >= 0.6 is 0 Å². The van der Waals surface area contributed by atoms with Crippen molar-refractivity contribution in [2.75, 3.05) is 18.6 Å². The van der Waals surface area contributed by atoms with Gasteiger partial charge in [0.25, 0.3) is 5.91 Å². The van der Waals surface area contributed by atoms with Gasteiger partial charge in [0.05, 0.1) is 6.61 Å². The van der Waals surface area contributed by atoms with Crippen molar-refractivity contribution in [2.45, 2.75) is 6.42 Å². The molecule has 21 heavy (non-hydrogen) atoms. The molecule has 1 amide bonds. The largest absolute Gasteiger partial charge is 0.395 e. The molecule has 0 saturated heterocycles. The second kappa shape index (κ2) is 7.22. The van der Waals surface area contributed by atoms with Gasteiger partial charge >= 0.3 is 0 Å². The van der Waals surface area contributed by atoms with Crippen LogP contribution in [-0.4, -0.2) is 29.7 Å². The maximum absolute atomic E-state index is 12.3. The van der Waals surface area contributed by atoms with Crippen molar-refractivity contribution in [3.63, 3.8) is 0 Å². The van der Waals surface area contributed by atoms with E-state index >= 15 is 0 Å². The second-order valence-electron chi connectivity index (χ2n) is 4.41. The Morgan fingerprint density at radius 3 is 2.62 bits per heavy atom. The van der Waals surface area contributed by atoms with E-state index in [1.165, 1.54) is 0 Å². The normalized spacial score (nSPS) is 9.62. The Labute approximate surface area is 124 Å². The van der Waals surface area contributed by atoms with Gasteiger partial charge in [-0.15, -0.1) is 0 Å².